The molecule has 5 aromatic rings. The smallest absolute Gasteiger partial charge is 0.233 e. The average Bonchev–Trinajstić information content (AvgIpc) is 3.62. The molecule has 7 nitrogen and oxygen atoms in total. The van der Waals surface area contributed by atoms with E-state index in [1.807, 2.05) is 60.8 Å². The fourth-order valence-electron chi connectivity index (χ4n) is 4.77. The summed E-state index contributed by atoms with van der Waals surface area (Å²) in [7, 11) is 0. The summed E-state index contributed by atoms with van der Waals surface area (Å²) in [5.41, 5.74) is 3.80. The lowest BCUT2D eigenvalue weighted by molar-refractivity contribution is 0.306. The summed E-state index contributed by atoms with van der Waals surface area (Å²) < 4.78 is 21.0. The van der Waals surface area contributed by atoms with E-state index < -0.39 is 0 Å². The molecule has 202 valence electrons. The van der Waals surface area contributed by atoms with E-state index in [1.54, 1.807) is 16.8 Å². The molecule has 0 atom stereocenters. The van der Waals surface area contributed by atoms with E-state index >= 15 is 0 Å². The van der Waals surface area contributed by atoms with Crippen molar-refractivity contribution in [2.45, 2.75) is 25.9 Å². The maximum atomic E-state index is 13.3. The minimum Gasteiger partial charge on any atom is -0.492 e. The summed E-state index contributed by atoms with van der Waals surface area (Å²) >= 11 is 1.34. The molecule has 0 spiro atoms. The molecule has 0 radical (unpaired) electrons. The maximum absolute atomic E-state index is 13.3. The SMILES string of the molecule is N=C(c1cn(-c2ccccc2)nc1-c1cccc(OCc2ccc(F)cc2)c1)c1sc(N2CCCCC2)nc1O. The molecule has 0 unspecified atom stereocenters. The Hall–Kier alpha value is -4.50. The van der Waals surface area contributed by atoms with Gasteiger partial charge in [0, 0.05) is 30.4 Å². The Bertz CT molecular complexity index is 1630. The number of nitrogens with zero attached hydrogens (tertiary/aromatic N) is 4. The maximum Gasteiger partial charge on any atom is 0.233 e. The Labute approximate surface area is 235 Å². The summed E-state index contributed by atoms with van der Waals surface area (Å²) in [4.78, 5) is 7.01. The normalized spacial score (nSPS) is 13.4. The van der Waals surface area contributed by atoms with Gasteiger partial charge >= 0.3 is 0 Å². The molecule has 40 heavy (non-hydrogen) atoms. The van der Waals surface area contributed by atoms with Crippen LogP contribution in [0.4, 0.5) is 9.52 Å². The number of para-hydroxylation sites is 1. The summed E-state index contributed by atoms with van der Waals surface area (Å²) in [6.45, 7) is 2.10. The molecule has 2 aromatic heterocycles. The Kier molecular flexibility index (Phi) is 7.29. The predicted molar refractivity (Wildman–Crippen MR) is 156 cm³/mol. The first-order valence-electron chi connectivity index (χ1n) is 13.2. The van der Waals surface area contributed by atoms with Crippen molar-refractivity contribution in [2.24, 2.45) is 0 Å². The molecule has 6 rings (SSSR count). The third-order valence-electron chi connectivity index (χ3n) is 6.88. The highest BCUT2D eigenvalue weighted by Crippen LogP contribution is 2.36. The zero-order valence-electron chi connectivity index (χ0n) is 21.8. The molecule has 1 aliphatic rings. The lowest BCUT2D eigenvalue weighted by atomic mass is 10.0. The van der Waals surface area contributed by atoms with Crippen LogP contribution in [0.5, 0.6) is 11.6 Å². The average molecular weight is 554 g/mol. The van der Waals surface area contributed by atoms with Gasteiger partial charge in [-0.05, 0) is 61.2 Å². The molecule has 0 bridgehead atoms. The highest BCUT2D eigenvalue weighted by atomic mass is 32.1. The van der Waals surface area contributed by atoms with Crippen molar-refractivity contribution in [1.29, 1.82) is 5.41 Å². The first-order chi connectivity index (χ1) is 19.5. The van der Waals surface area contributed by atoms with Gasteiger partial charge in [0.2, 0.25) is 5.88 Å². The molecule has 0 saturated carbocycles. The van der Waals surface area contributed by atoms with Crippen LogP contribution in [0.25, 0.3) is 16.9 Å². The standard InChI is InChI=1S/C31H28FN5O2S/c32-23-14-12-21(13-15-23)20-39-25-11-7-8-22(18-25)28-26(19-37(35-28)24-9-3-1-4-10-24)27(33)29-30(38)34-31(40-29)36-16-5-2-6-17-36/h1,3-4,7-15,18-19,33,38H,2,5-6,16-17,20H2. The van der Waals surface area contributed by atoms with Crippen molar-refractivity contribution >= 4 is 22.2 Å². The van der Waals surface area contributed by atoms with Crippen molar-refractivity contribution in [3.63, 3.8) is 0 Å². The highest BCUT2D eigenvalue weighted by Gasteiger charge is 2.25. The molecule has 2 N–H and O–H groups in total. The Morgan fingerprint density at radius 2 is 1.75 bits per heavy atom. The van der Waals surface area contributed by atoms with Crippen molar-refractivity contribution < 1.29 is 14.2 Å². The van der Waals surface area contributed by atoms with Crippen LogP contribution < -0.4 is 9.64 Å². The number of thiazole rings is 1. The predicted octanol–water partition coefficient (Wildman–Crippen LogP) is 6.83. The number of halogens is 1. The summed E-state index contributed by atoms with van der Waals surface area (Å²) in [6.07, 6.45) is 5.21. The molecule has 0 amide bonds. The summed E-state index contributed by atoms with van der Waals surface area (Å²) in [5, 5.41) is 25.5. The van der Waals surface area contributed by atoms with Gasteiger partial charge in [0.05, 0.1) is 11.4 Å². The van der Waals surface area contributed by atoms with Gasteiger partial charge in [-0.3, -0.25) is 5.41 Å². The van der Waals surface area contributed by atoms with Gasteiger partial charge in [0.15, 0.2) is 5.13 Å². The zero-order chi connectivity index (χ0) is 27.5. The number of rotatable bonds is 8. The van der Waals surface area contributed by atoms with Gasteiger partial charge in [-0.2, -0.15) is 10.1 Å². The molecular formula is C31H28FN5O2S. The van der Waals surface area contributed by atoms with Gasteiger partial charge in [-0.25, -0.2) is 9.07 Å². The number of aromatic nitrogens is 3. The first-order valence-corrected chi connectivity index (χ1v) is 14.0. The fourth-order valence-corrected chi connectivity index (χ4v) is 5.75. The van der Waals surface area contributed by atoms with Crippen molar-refractivity contribution in [2.75, 3.05) is 18.0 Å². The molecule has 1 fully saturated rings. The first kappa shape index (κ1) is 25.8. The largest absolute Gasteiger partial charge is 0.492 e. The Morgan fingerprint density at radius 1 is 0.975 bits per heavy atom. The van der Waals surface area contributed by atoms with E-state index in [4.69, 9.17) is 15.2 Å². The van der Waals surface area contributed by atoms with Gasteiger partial charge in [0.25, 0.3) is 0 Å². The van der Waals surface area contributed by atoms with Crippen LogP contribution in [-0.2, 0) is 6.61 Å². The lowest BCUT2D eigenvalue weighted by Gasteiger charge is -2.25. The van der Waals surface area contributed by atoms with Crippen LogP contribution in [0.2, 0.25) is 0 Å². The summed E-state index contributed by atoms with van der Waals surface area (Å²) in [5.74, 6) is 0.205. The van der Waals surface area contributed by atoms with Gasteiger partial charge in [0.1, 0.15) is 28.7 Å². The fraction of sp³-hybridized carbons (Fsp3) is 0.194. The van der Waals surface area contributed by atoms with Crippen LogP contribution in [0, 0.1) is 11.2 Å². The van der Waals surface area contributed by atoms with Crippen LogP contribution in [0.15, 0.2) is 85.1 Å². The van der Waals surface area contributed by atoms with Crippen molar-refractivity contribution in [3.8, 4) is 28.6 Å². The van der Waals surface area contributed by atoms with Crippen LogP contribution in [-0.4, -0.2) is 38.7 Å². The topological polar surface area (TPSA) is 87.3 Å². The van der Waals surface area contributed by atoms with E-state index in [2.05, 4.69) is 9.88 Å². The van der Waals surface area contributed by atoms with E-state index in [0.29, 0.717) is 28.5 Å². The van der Waals surface area contributed by atoms with Crippen molar-refractivity contribution in [1.82, 2.24) is 14.8 Å². The molecule has 3 aromatic carbocycles. The number of piperidine rings is 1. The number of nitrogens with one attached hydrogen (secondary N) is 1. The second-order valence-corrected chi connectivity index (χ2v) is 10.7. The third-order valence-corrected chi connectivity index (χ3v) is 8.01. The third kappa shape index (κ3) is 5.46. The van der Waals surface area contributed by atoms with E-state index in [9.17, 15) is 9.50 Å². The van der Waals surface area contributed by atoms with Gasteiger partial charge in [-0.1, -0.05) is 53.8 Å². The van der Waals surface area contributed by atoms with E-state index in [0.717, 1.165) is 47.9 Å². The second-order valence-electron chi connectivity index (χ2n) is 9.69. The minimum atomic E-state index is -0.287. The Morgan fingerprint density at radius 3 is 2.52 bits per heavy atom. The molecule has 1 saturated heterocycles. The van der Waals surface area contributed by atoms with E-state index in [-0.39, 0.29) is 17.4 Å². The number of hydrogen-bond donors (Lipinski definition) is 2. The molecule has 3 heterocycles. The molecular weight excluding hydrogens is 525 g/mol. The minimum absolute atomic E-state index is 0.134. The number of ether oxygens (including phenoxy) is 1. The summed E-state index contributed by atoms with van der Waals surface area (Å²) in [6, 6.07) is 23.5. The Balaban J connectivity index is 1.34. The van der Waals surface area contributed by atoms with Gasteiger partial charge in [-0.15, -0.1) is 0 Å². The van der Waals surface area contributed by atoms with E-state index in [1.165, 1.54) is 29.9 Å². The van der Waals surface area contributed by atoms with Crippen LogP contribution in [0.3, 0.4) is 0 Å². The molecule has 0 aliphatic carbocycles. The quantitative estimate of drug-likeness (QED) is 0.206. The number of aromatic hydroxyl groups is 1. The van der Waals surface area contributed by atoms with Crippen LogP contribution in [0.1, 0.15) is 35.3 Å². The lowest BCUT2D eigenvalue weighted by Crippen LogP contribution is -2.29. The van der Waals surface area contributed by atoms with Gasteiger partial charge < -0.3 is 14.7 Å². The number of anilines is 1. The number of benzene rings is 3. The zero-order valence-corrected chi connectivity index (χ0v) is 22.6. The molecule has 9 heteroatoms. The van der Waals surface area contributed by atoms with Crippen molar-refractivity contribution in [3.05, 3.63) is 107 Å². The second kappa shape index (κ2) is 11.3. The van der Waals surface area contributed by atoms with Crippen LogP contribution >= 0.6 is 11.3 Å². The monoisotopic (exact) mass is 553 g/mol. The highest BCUT2D eigenvalue weighted by molar-refractivity contribution is 7.18. The number of hydrogen-bond acceptors (Lipinski definition) is 7. The molecule has 1 aliphatic heterocycles.